The lowest BCUT2D eigenvalue weighted by Gasteiger charge is -2.23. The van der Waals surface area contributed by atoms with Gasteiger partial charge in [0.05, 0.1) is 6.54 Å². The van der Waals surface area contributed by atoms with Crippen LogP contribution in [0.15, 0.2) is 0 Å². The van der Waals surface area contributed by atoms with Gasteiger partial charge in [0.2, 0.25) is 5.91 Å². The second kappa shape index (κ2) is 5.98. The van der Waals surface area contributed by atoms with E-state index < -0.39 is 0 Å². The summed E-state index contributed by atoms with van der Waals surface area (Å²) in [6.07, 6.45) is 4.63. The smallest absolute Gasteiger partial charge is 0.233 e. The van der Waals surface area contributed by atoms with Crippen molar-refractivity contribution in [2.75, 3.05) is 26.7 Å². The van der Waals surface area contributed by atoms with Gasteiger partial charge in [0, 0.05) is 13.1 Å². The molecule has 0 aromatic carbocycles. The second-order valence-electron chi connectivity index (χ2n) is 3.87. The molecule has 1 aliphatic heterocycles. The van der Waals surface area contributed by atoms with Crippen LogP contribution in [0.1, 0.15) is 25.7 Å². The van der Waals surface area contributed by atoms with Gasteiger partial charge in [-0.1, -0.05) is 0 Å². The van der Waals surface area contributed by atoms with Crippen molar-refractivity contribution in [2.45, 2.75) is 31.7 Å². The van der Waals surface area contributed by atoms with Gasteiger partial charge in [-0.25, -0.2) is 0 Å². The van der Waals surface area contributed by atoms with Crippen molar-refractivity contribution in [1.82, 2.24) is 10.2 Å². The number of nitrogens with two attached hydrogens (primary N) is 1. The van der Waals surface area contributed by atoms with Crippen LogP contribution in [0.5, 0.6) is 0 Å². The van der Waals surface area contributed by atoms with Gasteiger partial charge in [0.1, 0.15) is 0 Å². The van der Waals surface area contributed by atoms with E-state index in [-0.39, 0.29) is 5.91 Å². The summed E-state index contributed by atoms with van der Waals surface area (Å²) >= 11 is 0. The lowest BCUT2D eigenvalue weighted by Crippen LogP contribution is -2.38. The molecule has 1 rings (SSSR count). The maximum atomic E-state index is 11.2. The monoisotopic (exact) mass is 199 g/mol. The van der Waals surface area contributed by atoms with E-state index in [1.807, 2.05) is 0 Å². The van der Waals surface area contributed by atoms with Crippen LogP contribution in [0.3, 0.4) is 0 Å². The molecule has 1 fully saturated rings. The van der Waals surface area contributed by atoms with Gasteiger partial charge in [-0.05, 0) is 38.8 Å². The minimum absolute atomic E-state index is 0.115. The average Bonchev–Trinajstić information content (AvgIpc) is 2.62. The molecule has 1 unspecified atom stereocenters. The van der Waals surface area contributed by atoms with E-state index in [0.717, 1.165) is 25.9 Å². The van der Waals surface area contributed by atoms with Crippen molar-refractivity contribution in [1.29, 1.82) is 0 Å². The highest BCUT2D eigenvalue weighted by Crippen LogP contribution is 2.20. The van der Waals surface area contributed by atoms with Gasteiger partial charge in [0.15, 0.2) is 0 Å². The second-order valence-corrected chi connectivity index (χ2v) is 3.87. The van der Waals surface area contributed by atoms with Gasteiger partial charge in [0.25, 0.3) is 0 Å². The summed E-state index contributed by atoms with van der Waals surface area (Å²) in [4.78, 5) is 13.5. The zero-order valence-corrected chi connectivity index (χ0v) is 8.96. The van der Waals surface area contributed by atoms with E-state index in [1.54, 1.807) is 7.05 Å². The Hall–Kier alpha value is -0.610. The minimum Gasteiger partial charge on any atom is -0.358 e. The summed E-state index contributed by atoms with van der Waals surface area (Å²) in [7, 11) is 1.69. The number of carbonyl (C=O) groups is 1. The number of likely N-dealkylation sites (tertiary alicyclic amines) is 1. The molecular formula is C10H21N3O. The van der Waals surface area contributed by atoms with Crippen LogP contribution >= 0.6 is 0 Å². The molecule has 14 heavy (non-hydrogen) atoms. The first kappa shape index (κ1) is 11.5. The third kappa shape index (κ3) is 3.27. The molecule has 0 radical (unpaired) electrons. The Balaban J connectivity index is 2.31. The first-order chi connectivity index (χ1) is 6.77. The molecule has 4 heteroatoms. The van der Waals surface area contributed by atoms with E-state index in [9.17, 15) is 4.79 Å². The van der Waals surface area contributed by atoms with Crippen LogP contribution in [-0.2, 0) is 4.79 Å². The van der Waals surface area contributed by atoms with E-state index in [0.29, 0.717) is 12.6 Å². The normalized spacial score (nSPS) is 22.6. The Kier molecular flexibility index (Phi) is 4.90. The van der Waals surface area contributed by atoms with Crippen LogP contribution in [0.25, 0.3) is 0 Å². The van der Waals surface area contributed by atoms with Crippen molar-refractivity contribution < 1.29 is 4.79 Å². The number of carbonyl (C=O) groups excluding carboxylic acids is 1. The molecule has 1 saturated heterocycles. The summed E-state index contributed by atoms with van der Waals surface area (Å²) in [6, 6.07) is 0.579. The Labute approximate surface area is 85.8 Å². The van der Waals surface area contributed by atoms with Gasteiger partial charge in [-0.15, -0.1) is 0 Å². The highest BCUT2D eigenvalue weighted by atomic mass is 16.1. The van der Waals surface area contributed by atoms with Crippen molar-refractivity contribution in [2.24, 2.45) is 5.73 Å². The van der Waals surface area contributed by atoms with Crippen LogP contribution in [0.2, 0.25) is 0 Å². The topological polar surface area (TPSA) is 58.4 Å². The first-order valence-electron chi connectivity index (χ1n) is 5.42. The summed E-state index contributed by atoms with van der Waals surface area (Å²) in [5, 5.41) is 2.66. The largest absolute Gasteiger partial charge is 0.358 e. The highest BCUT2D eigenvalue weighted by molar-refractivity contribution is 5.77. The van der Waals surface area contributed by atoms with E-state index >= 15 is 0 Å². The van der Waals surface area contributed by atoms with E-state index in [4.69, 9.17) is 5.73 Å². The third-order valence-corrected chi connectivity index (χ3v) is 2.87. The molecule has 4 nitrogen and oxygen atoms in total. The molecule has 1 amide bonds. The molecule has 0 spiro atoms. The number of nitrogens with zero attached hydrogens (tertiary/aromatic N) is 1. The van der Waals surface area contributed by atoms with Crippen LogP contribution in [0.4, 0.5) is 0 Å². The van der Waals surface area contributed by atoms with Gasteiger partial charge >= 0.3 is 0 Å². The molecule has 3 N–H and O–H groups in total. The fraction of sp³-hybridized carbons (Fsp3) is 0.900. The summed E-state index contributed by atoms with van der Waals surface area (Å²) < 4.78 is 0. The fourth-order valence-corrected chi connectivity index (χ4v) is 2.05. The number of hydrogen-bond acceptors (Lipinski definition) is 3. The van der Waals surface area contributed by atoms with Gasteiger partial charge < -0.3 is 11.1 Å². The lowest BCUT2D eigenvalue weighted by atomic mass is 10.1. The van der Waals surface area contributed by atoms with Crippen LogP contribution in [-0.4, -0.2) is 43.5 Å². The number of nitrogens with one attached hydrogen (secondary N) is 1. The standard InChI is InChI=1S/C10H21N3O/c1-12-10(14)8-13-7-3-5-9(13)4-2-6-11/h9H,2-8,11H2,1H3,(H,12,14). The van der Waals surface area contributed by atoms with Crippen molar-refractivity contribution in [3.05, 3.63) is 0 Å². The number of amides is 1. The Bertz CT molecular complexity index is 184. The van der Waals surface area contributed by atoms with Gasteiger partial charge in [-0.2, -0.15) is 0 Å². The molecular weight excluding hydrogens is 178 g/mol. The van der Waals surface area contributed by atoms with Crippen LogP contribution in [0, 0.1) is 0 Å². The van der Waals surface area contributed by atoms with Crippen molar-refractivity contribution >= 4 is 5.91 Å². The summed E-state index contributed by atoms with van der Waals surface area (Å²) in [5.41, 5.74) is 5.48. The summed E-state index contributed by atoms with van der Waals surface area (Å²) in [5.74, 6) is 0.115. The van der Waals surface area contributed by atoms with Crippen LogP contribution < -0.4 is 11.1 Å². The molecule has 0 aromatic heterocycles. The predicted octanol–water partition coefficient (Wildman–Crippen LogP) is -0.0643. The molecule has 1 heterocycles. The predicted molar refractivity (Wildman–Crippen MR) is 57.0 cm³/mol. The Morgan fingerprint density at radius 3 is 3.07 bits per heavy atom. The third-order valence-electron chi connectivity index (χ3n) is 2.87. The summed E-state index contributed by atoms with van der Waals surface area (Å²) in [6.45, 7) is 2.36. The highest BCUT2D eigenvalue weighted by Gasteiger charge is 2.24. The Morgan fingerprint density at radius 2 is 2.43 bits per heavy atom. The molecule has 0 aromatic rings. The number of hydrogen-bond donors (Lipinski definition) is 2. The average molecular weight is 199 g/mol. The molecule has 0 saturated carbocycles. The SMILES string of the molecule is CNC(=O)CN1CCCC1CCCN. The fourth-order valence-electron chi connectivity index (χ4n) is 2.05. The van der Waals surface area contributed by atoms with E-state index in [2.05, 4.69) is 10.2 Å². The quantitative estimate of drug-likeness (QED) is 0.652. The maximum absolute atomic E-state index is 11.2. The van der Waals surface area contributed by atoms with E-state index in [1.165, 1.54) is 12.8 Å². The van der Waals surface area contributed by atoms with Crippen molar-refractivity contribution in [3.63, 3.8) is 0 Å². The minimum atomic E-state index is 0.115. The zero-order valence-electron chi connectivity index (χ0n) is 8.96. The zero-order chi connectivity index (χ0) is 10.4. The van der Waals surface area contributed by atoms with Crippen molar-refractivity contribution in [3.8, 4) is 0 Å². The first-order valence-corrected chi connectivity index (χ1v) is 5.42. The number of likely N-dealkylation sites (N-methyl/N-ethyl adjacent to an activating group) is 1. The maximum Gasteiger partial charge on any atom is 0.233 e. The number of rotatable bonds is 5. The molecule has 1 aliphatic rings. The lowest BCUT2D eigenvalue weighted by molar-refractivity contribution is -0.122. The van der Waals surface area contributed by atoms with Gasteiger partial charge in [-0.3, -0.25) is 9.69 Å². The molecule has 82 valence electrons. The molecule has 0 aliphatic carbocycles. The Morgan fingerprint density at radius 1 is 1.64 bits per heavy atom. The molecule has 0 bridgehead atoms. The molecule has 1 atom stereocenters.